The molecule has 1 aliphatic heterocycles. The lowest BCUT2D eigenvalue weighted by atomic mass is 10.2. The van der Waals surface area contributed by atoms with Crippen molar-refractivity contribution in [2.45, 2.75) is 18.9 Å². The third-order valence-electron chi connectivity index (χ3n) is 3.03. The number of anilines is 1. The maximum Gasteiger partial charge on any atom is 0.292 e. The molecule has 1 atom stereocenters. The Morgan fingerprint density at radius 3 is 3.00 bits per heavy atom. The van der Waals surface area contributed by atoms with Gasteiger partial charge in [0, 0.05) is 17.6 Å². The number of aliphatic hydroxyl groups excluding tert-OH is 1. The molecule has 1 fully saturated rings. The first kappa shape index (κ1) is 12.1. The molecule has 0 bridgehead atoms. The molecule has 17 heavy (non-hydrogen) atoms. The number of halogens is 1. The first-order valence-corrected chi connectivity index (χ1v) is 5.82. The lowest BCUT2D eigenvalue weighted by Gasteiger charge is -2.24. The molecular weight excluding hydrogens is 244 g/mol. The fourth-order valence-electron chi connectivity index (χ4n) is 2.22. The first-order valence-electron chi connectivity index (χ1n) is 5.45. The molecule has 1 saturated heterocycles. The van der Waals surface area contributed by atoms with Gasteiger partial charge in [0.25, 0.3) is 5.69 Å². The van der Waals surface area contributed by atoms with Gasteiger partial charge in [-0.05, 0) is 25.0 Å². The maximum absolute atomic E-state index is 11.0. The summed E-state index contributed by atoms with van der Waals surface area (Å²) >= 11 is 5.88. The number of nitrogens with zero attached hydrogens (tertiary/aromatic N) is 2. The molecule has 1 heterocycles. The van der Waals surface area contributed by atoms with E-state index in [1.165, 1.54) is 12.1 Å². The summed E-state index contributed by atoms with van der Waals surface area (Å²) in [5, 5.41) is 20.7. The average molecular weight is 257 g/mol. The van der Waals surface area contributed by atoms with E-state index in [2.05, 4.69) is 0 Å². The van der Waals surface area contributed by atoms with E-state index in [0.717, 1.165) is 12.8 Å². The van der Waals surface area contributed by atoms with E-state index < -0.39 is 4.92 Å². The molecule has 92 valence electrons. The third-order valence-corrected chi connectivity index (χ3v) is 3.27. The lowest BCUT2D eigenvalue weighted by Crippen LogP contribution is -2.32. The van der Waals surface area contributed by atoms with Gasteiger partial charge in [0.15, 0.2) is 0 Å². The van der Waals surface area contributed by atoms with Gasteiger partial charge in [0.05, 0.1) is 17.6 Å². The van der Waals surface area contributed by atoms with Crippen LogP contribution in [0.2, 0.25) is 5.02 Å². The Bertz CT molecular complexity index is 439. The minimum atomic E-state index is -0.418. The van der Waals surface area contributed by atoms with Crippen molar-refractivity contribution in [3.63, 3.8) is 0 Å². The summed E-state index contributed by atoms with van der Waals surface area (Å²) in [6.45, 7) is 0.718. The molecule has 5 nitrogen and oxygen atoms in total. The van der Waals surface area contributed by atoms with Gasteiger partial charge in [-0.1, -0.05) is 11.6 Å². The molecule has 0 amide bonds. The van der Waals surface area contributed by atoms with Gasteiger partial charge in [0.1, 0.15) is 5.69 Å². The third kappa shape index (κ3) is 2.35. The zero-order chi connectivity index (χ0) is 12.4. The van der Waals surface area contributed by atoms with Crippen molar-refractivity contribution in [1.82, 2.24) is 0 Å². The summed E-state index contributed by atoms with van der Waals surface area (Å²) in [6, 6.07) is 4.46. The Labute approximate surface area is 104 Å². The SMILES string of the molecule is O=[N+]([O-])c1ccc(Cl)cc1N1CCCC1CO. The highest BCUT2D eigenvalue weighted by Crippen LogP contribution is 2.35. The van der Waals surface area contributed by atoms with Gasteiger partial charge in [-0.15, -0.1) is 0 Å². The van der Waals surface area contributed by atoms with Crippen LogP contribution in [0.25, 0.3) is 0 Å². The molecule has 1 N–H and O–H groups in total. The molecule has 1 unspecified atom stereocenters. The highest BCUT2D eigenvalue weighted by molar-refractivity contribution is 6.31. The Morgan fingerprint density at radius 1 is 1.59 bits per heavy atom. The van der Waals surface area contributed by atoms with Gasteiger partial charge < -0.3 is 10.0 Å². The number of nitro benzene ring substituents is 1. The predicted octanol–water partition coefficient (Wildman–Crippen LogP) is 2.21. The maximum atomic E-state index is 11.0. The van der Waals surface area contributed by atoms with Gasteiger partial charge in [0.2, 0.25) is 0 Å². The average Bonchev–Trinajstić information content (AvgIpc) is 2.76. The molecule has 6 heteroatoms. The number of benzene rings is 1. The monoisotopic (exact) mass is 256 g/mol. The number of hydrogen-bond acceptors (Lipinski definition) is 4. The number of hydrogen-bond donors (Lipinski definition) is 1. The summed E-state index contributed by atoms with van der Waals surface area (Å²) in [4.78, 5) is 12.4. The Hall–Kier alpha value is -1.33. The van der Waals surface area contributed by atoms with E-state index in [4.69, 9.17) is 11.6 Å². The minimum absolute atomic E-state index is 0.00364. The van der Waals surface area contributed by atoms with Crippen LogP contribution >= 0.6 is 11.6 Å². The Balaban J connectivity index is 2.42. The van der Waals surface area contributed by atoms with Gasteiger partial charge in [-0.2, -0.15) is 0 Å². The first-order chi connectivity index (χ1) is 8.13. The quantitative estimate of drug-likeness (QED) is 0.665. The molecule has 0 aliphatic carbocycles. The number of aliphatic hydroxyl groups is 1. The van der Waals surface area contributed by atoms with Crippen LogP contribution in [0, 0.1) is 10.1 Å². The van der Waals surface area contributed by atoms with Crippen molar-refractivity contribution in [3.05, 3.63) is 33.3 Å². The van der Waals surface area contributed by atoms with E-state index in [0.29, 0.717) is 17.3 Å². The van der Waals surface area contributed by atoms with Crippen LogP contribution in [0.4, 0.5) is 11.4 Å². The second-order valence-corrected chi connectivity index (χ2v) is 4.50. The normalized spacial score (nSPS) is 19.6. The molecular formula is C11H13ClN2O3. The van der Waals surface area contributed by atoms with Gasteiger partial charge in [-0.25, -0.2) is 0 Å². The van der Waals surface area contributed by atoms with Crippen LogP contribution in [-0.2, 0) is 0 Å². The van der Waals surface area contributed by atoms with Crippen molar-refractivity contribution < 1.29 is 10.0 Å². The number of nitro groups is 1. The second-order valence-electron chi connectivity index (χ2n) is 4.06. The zero-order valence-electron chi connectivity index (χ0n) is 9.17. The zero-order valence-corrected chi connectivity index (χ0v) is 9.93. The van der Waals surface area contributed by atoms with Crippen molar-refractivity contribution in [2.24, 2.45) is 0 Å². The molecule has 0 saturated carbocycles. The standard InChI is InChI=1S/C11H13ClN2O3/c12-8-3-4-10(14(16)17)11(6-8)13-5-1-2-9(13)7-15/h3-4,6,9,15H,1-2,5,7H2. The van der Waals surface area contributed by atoms with E-state index >= 15 is 0 Å². The van der Waals surface area contributed by atoms with Crippen molar-refractivity contribution in [2.75, 3.05) is 18.1 Å². The fraction of sp³-hybridized carbons (Fsp3) is 0.455. The summed E-state index contributed by atoms with van der Waals surface area (Å²) in [5.41, 5.74) is 0.536. The molecule has 1 aliphatic rings. The Morgan fingerprint density at radius 2 is 2.35 bits per heavy atom. The smallest absolute Gasteiger partial charge is 0.292 e. The molecule has 0 radical (unpaired) electrons. The molecule has 0 spiro atoms. The minimum Gasteiger partial charge on any atom is -0.394 e. The van der Waals surface area contributed by atoms with E-state index in [1.54, 1.807) is 6.07 Å². The summed E-state index contributed by atoms with van der Waals surface area (Å²) < 4.78 is 0. The molecule has 1 aromatic carbocycles. The van der Waals surface area contributed by atoms with Crippen molar-refractivity contribution >= 4 is 23.0 Å². The topological polar surface area (TPSA) is 66.6 Å². The van der Waals surface area contributed by atoms with Crippen LogP contribution in [0.3, 0.4) is 0 Å². The molecule has 1 aromatic rings. The fourth-order valence-corrected chi connectivity index (χ4v) is 2.39. The van der Waals surface area contributed by atoms with Crippen LogP contribution < -0.4 is 4.90 Å². The largest absolute Gasteiger partial charge is 0.394 e. The van der Waals surface area contributed by atoms with Crippen LogP contribution in [0.15, 0.2) is 18.2 Å². The van der Waals surface area contributed by atoms with E-state index in [-0.39, 0.29) is 18.3 Å². The highest BCUT2D eigenvalue weighted by Gasteiger charge is 2.29. The van der Waals surface area contributed by atoms with Crippen LogP contribution in [0.1, 0.15) is 12.8 Å². The van der Waals surface area contributed by atoms with Gasteiger partial charge >= 0.3 is 0 Å². The van der Waals surface area contributed by atoms with Gasteiger partial charge in [-0.3, -0.25) is 10.1 Å². The van der Waals surface area contributed by atoms with Crippen molar-refractivity contribution in [1.29, 1.82) is 0 Å². The predicted molar refractivity (Wildman–Crippen MR) is 65.6 cm³/mol. The van der Waals surface area contributed by atoms with Crippen LogP contribution in [-0.4, -0.2) is 29.2 Å². The van der Waals surface area contributed by atoms with E-state index in [1.807, 2.05) is 4.90 Å². The number of rotatable bonds is 3. The van der Waals surface area contributed by atoms with Crippen LogP contribution in [0.5, 0.6) is 0 Å². The molecule has 2 rings (SSSR count). The lowest BCUT2D eigenvalue weighted by molar-refractivity contribution is -0.384. The van der Waals surface area contributed by atoms with E-state index in [9.17, 15) is 15.2 Å². The highest BCUT2D eigenvalue weighted by atomic mass is 35.5. The summed E-state index contributed by atoms with van der Waals surface area (Å²) in [7, 11) is 0. The van der Waals surface area contributed by atoms with Crippen molar-refractivity contribution in [3.8, 4) is 0 Å². The molecule has 0 aromatic heterocycles. The summed E-state index contributed by atoms with van der Waals surface area (Å²) in [5.74, 6) is 0. The summed E-state index contributed by atoms with van der Waals surface area (Å²) in [6.07, 6.45) is 1.77. The second kappa shape index (κ2) is 4.89. The Kier molecular flexibility index (Phi) is 3.49.